The summed E-state index contributed by atoms with van der Waals surface area (Å²) >= 11 is 0. The van der Waals surface area contributed by atoms with E-state index in [1.165, 1.54) is 6.07 Å². The second-order valence-electron chi connectivity index (χ2n) is 7.22. The lowest BCUT2D eigenvalue weighted by molar-refractivity contribution is -0.384. The van der Waals surface area contributed by atoms with E-state index in [-0.39, 0.29) is 23.4 Å². The molecule has 0 saturated carbocycles. The van der Waals surface area contributed by atoms with Crippen molar-refractivity contribution in [1.82, 2.24) is 10.2 Å². The van der Waals surface area contributed by atoms with Gasteiger partial charge >= 0.3 is 0 Å². The SMILES string of the molecule is CC(C)(O)c1ccc(CNC(=O)CN2C(=O)c3ccc([N+](=O)[O-])cc3C2=O)cc1. The van der Waals surface area contributed by atoms with Crippen molar-refractivity contribution in [2.24, 2.45) is 0 Å². The Morgan fingerprint density at radius 2 is 1.72 bits per heavy atom. The highest BCUT2D eigenvalue weighted by molar-refractivity contribution is 6.22. The Balaban J connectivity index is 1.63. The average molecular weight is 397 g/mol. The van der Waals surface area contributed by atoms with Gasteiger partial charge < -0.3 is 10.4 Å². The van der Waals surface area contributed by atoms with E-state index in [1.807, 2.05) is 0 Å². The van der Waals surface area contributed by atoms with Crippen LogP contribution in [0.3, 0.4) is 0 Å². The number of benzene rings is 2. The molecule has 2 N–H and O–H groups in total. The largest absolute Gasteiger partial charge is 0.386 e. The van der Waals surface area contributed by atoms with Crippen LogP contribution < -0.4 is 5.32 Å². The number of carbonyl (C=O) groups excluding carboxylic acids is 3. The molecule has 0 aliphatic carbocycles. The number of fused-ring (bicyclic) bond motifs is 1. The molecule has 0 unspecified atom stereocenters. The molecule has 3 rings (SSSR count). The molecule has 0 aromatic heterocycles. The summed E-state index contributed by atoms with van der Waals surface area (Å²) in [6.07, 6.45) is 0. The standard InChI is InChI=1S/C20H19N3O6/c1-20(2,27)13-5-3-12(4-6-13)10-21-17(24)11-22-18(25)15-8-7-14(23(28)29)9-16(15)19(22)26/h3-9,27H,10-11H2,1-2H3,(H,21,24). The smallest absolute Gasteiger partial charge is 0.270 e. The highest BCUT2D eigenvalue weighted by atomic mass is 16.6. The molecule has 0 bridgehead atoms. The van der Waals surface area contributed by atoms with E-state index in [4.69, 9.17) is 0 Å². The number of rotatable bonds is 6. The zero-order valence-corrected chi connectivity index (χ0v) is 15.8. The van der Waals surface area contributed by atoms with E-state index < -0.39 is 34.8 Å². The van der Waals surface area contributed by atoms with E-state index in [2.05, 4.69) is 5.32 Å². The number of nitro benzene ring substituents is 1. The maximum atomic E-state index is 12.4. The zero-order valence-electron chi connectivity index (χ0n) is 15.8. The number of nitrogens with one attached hydrogen (secondary N) is 1. The van der Waals surface area contributed by atoms with Crippen LogP contribution in [0.2, 0.25) is 0 Å². The van der Waals surface area contributed by atoms with Crippen molar-refractivity contribution >= 4 is 23.4 Å². The van der Waals surface area contributed by atoms with Crippen molar-refractivity contribution in [2.75, 3.05) is 6.54 Å². The minimum atomic E-state index is -0.970. The van der Waals surface area contributed by atoms with Crippen LogP contribution >= 0.6 is 0 Å². The minimum absolute atomic E-state index is 0.0376. The number of amides is 3. The van der Waals surface area contributed by atoms with Gasteiger partial charge in [-0.25, -0.2) is 0 Å². The normalized spacial score (nSPS) is 13.4. The molecule has 0 saturated heterocycles. The molecule has 1 aliphatic heterocycles. The summed E-state index contributed by atoms with van der Waals surface area (Å²) < 4.78 is 0. The summed E-state index contributed by atoms with van der Waals surface area (Å²) in [6, 6.07) is 10.4. The van der Waals surface area contributed by atoms with Gasteiger partial charge in [-0.2, -0.15) is 0 Å². The van der Waals surface area contributed by atoms with E-state index >= 15 is 0 Å². The highest BCUT2D eigenvalue weighted by Gasteiger charge is 2.37. The van der Waals surface area contributed by atoms with Crippen LogP contribution in [0.4, 0.5) is 5.69 Å². The molecule has 0 radical (unpaired) electrons. The Labute approximate surface area is 166 Å². The lowest BCUT2D eigenvalue weighted by Crippen LogP contribution is -2.40. The predicted octanol–water partition coefficient (Wildman–Crippen LogP) is 1.73. The molecule has 0 fully saturated rings. The van der Waals surface area contributed by atoms with Crippen molar-refractivity contribution in [3.63, 3.8) is 0 Å². The summed E-state index contributed by atoms with van der Waals surface area (Å²) in [5.74, 6) is -1.94. The van der Waals surface area contributed by atoms with Gasteiger partial charge in [-0.15, -0.1) is 0 Å². The first-order valence-electron chi connectivity index (χ1n) is 8.81. The van der Waals surface area contributed by atoms with Gasteiger partial charge in [0.2, 0.25) is 5.91 Å². The number of hydrogen-bond acceptors (Lipinski definition) is 6. The second kappa shape index (κ2) is 7.44. The molecule has 1 aliphatic rings. The first-order valence-corrected chi connectivity index (χ1v) is 8.81. The number of nitro groups is 1. The van der Waals surface area contributed by atoms with Gasteiger partial charge in [0, 0.05) is 18.7 Å². The lowest BCUT2D eigenvalue weighted by Gasteiger charge is -2.18. The van der Waals surface area contributed by atoms with E-state index in [9.17, 15) is 29.6 Å². The Kier molecular flexibility index (Phi) is 5.17. The Morgan fingerprint density at radius 3 is 2.31 bits per heavy atom. The molecule has 1 heterocycles. The van der Waals surface area contributed by atoms with E-state index in [0.29, 0.717) is 0 Å². The molecule has 2 aromatic rings. The molecule has 9 nitrogen and oxygen atoms in total. The van der Waals surface area contributed by atoms with Gasteiger partial charge in [0.25, 0.3) is 17.5 Å². The van der Waals surface area contributed by atoms with Gasteiger partial charge in [-0.05, 0) is 31.0 Å². The maximum absolute atomic E-state index is 12.4. The monoisotopic (exact) mass is 397 g/mol. The second-order valence-corrected chi connectivity index (χ2v) is 7.22. The van der Waals surface area contributed by atoms with Crippen LogP contribution in [0.25, 0.3) is 0 Å². The first-order chi connectivity index (χ1) is 13.6. The number of carbonyl (C=O) groups is 3. The Morgan fingerprint density at radius 1 is 1.10 bits per heavy atom. The number of non-ortho nitro benzene ring substituents is 1. The van der Waals surface area contributed by atoms with Crippen molar-refractivity contribution in [3.05, 3.63) is 74.8 Å². The van der Waals surface area contributed by atoms with Crippen molar-refractivity contribution < 1.29 is 24.4 Å². The first kappa shape index (κ1) is 20.2. The highest BCUT2D eigenvalue weighted by Crippen LogP contribution is 2.26. The van der Waals surface area contributed by atoms with Crippen LogP contribution in [-0.4, -0.2) is 39.2 Å². The van der Waals surface area contributed by atoms with Gasteiger partial charge in [-0.3, -0.25) is 29.4 Å². The third kappa shape index (κ3) is 4.14. The number of nitrogens with zero attached hydrogens (tertiary/aromatic N) is 2. The summed E-state index contributed by atoms with van der Waals surface area (Å²) in [5.41, 5.74) is 0.194. The summed E-state index contributed by atoms with van der Waals surface area (Å²) in [4.78, 5) is 47.9. The van der Waals surface area contributed by atoms with Crippen molar-refractivity contribution in [1.29, 1.82) is 0 Å². The quantitative estimate of drug-likeness (QED) is 0.434. The van der Waals surface area contributed by atoms with Crippen LogP contribution in [0.5, 0.6) is 0 Å². The third-order valence-corrected chi connectivity index (χ3v) is 4.62. The van der Waals surface area contributed by atoms with Gasteiger partial charge in [0.15, 0.2) is 0 Å². The topological polar surface area (TPSA) is 130 Å². The molecule has 2 aromatic carbocycles. The summed E-state index contributed by atoms with van der Waals surface area (Å²) in [7, 11) is 0. The third-order valence-electron chi connectivity index (χ3n) is 4.62. The van der Waals surface area contributed by atoms with E-state index in [1.54, 1.807) is 38.1 Å². The molecule has 0 spiro atoms. The average Bonchev–Trinajstić information content (AvgIpc) is 2.90. The lowest BCUT2D eigenvalue weighted by atomic mass is 9.97. The number of hydrogen-bond donors (Lipinski definition) is 2. The van der Waals surface area contributed by atoms with Gasteiger partial charge in [0.1, 0.15) is 6.54 Å². The maximum Gasteiger partial charge on any atom is 0.270 e. The van der Waals surface area contributed by atoms with Gasteiger partial charge in [-0.1, -0.05) is 24.3 Å². The molecule has 3 amide bonds. The van der Waals surface area contributed by atoms with Crippen LogP contribution in [-0.2, 0) is 16.9 Å². The van der Waals surface area contributed by atoms with Crippen LogP contribution in [0.15, 0.2) is 42.5 Å². The summed E-state index contributed by atoms with van der Waals surface area (Å²) in [5, 5.41) is 23.4. The number of aliphatic hydroxyl groups is 1. The van der Waals surface area contributed by atoms with Crippen molar-refractivity contribution in [2.45, 2.75) is 26.0 Å². The molecular weight excluding hydrogens is 378 g/mol. The van der Waals surface area contributed by atoms with Gasteiger partial charge in [0.05, 0.1) is 21.7 Å². The number of imide groups is 1. The molecule has 0 atom stereocenters. The Hall–Kier alpha value is -3.59. The van der Waals surface area contributed by atoms with E-state index in [0.717, 1.165) is 28.2 Å². The van der Waals surface area contributed by atoms with Crippen LogP contribution in [0.1, 0.15) is 45.7 Å². The zero-order chi connectivity index (χ0) is 21.3. The fourth-order valence-electron chi connectivity index (χ4n) is 2.97. The molecular formula is C20H19N3O6. The molecule has 150 valence electrons. The fraction of sp³-hybridized carbons (Fsp3) is 0.250. The predicted molar refractivity (Wildman–Crippen MR) is 102 cm³/mol. The Bertz CT molecular complexity index is 1010. The summed E-state index contributed by atoms with van der Waals surface area (Å²) in [6.45, 7) is 3.03. The minimum Gasteiger partial charge on any atom is -0.386 e. The van der Waals surface area contributed by atoms with Crippen LogP contribution in [0, 0.1) is 10.1 Å². The fourth-order valence-corrected chi connectivity index (χ4v) is 2.97. The molecule has 9 heteroatoms. The van der Waals surface area contributed by atoms with Crippen molar-refractivity contribution in [3.8, 4) is 0 Å². The molecule has 29 heavy (non-hydrogen) atoms.